The van der Waals surface area contributed by atoms with E-state index in [1.165, 1.54) is 11.1 Å². The molecule has 1 saturated heterocycles. The number of hydrogen-bond donors (Lipinski definition) is 0. The molecule has 1 aromatic carbocycles. The Balaban J connectivity index is 1.63. The smallest absolute Gasteiger partial charge is 0.165 e. The summed E-state index contributed by atoms with van der Waals surface area (Å²) in [5.74, 6) is 1.83. The summed E-state index contributed by atoms with van der Waals surface area (Å²) < 4.78 is 19.2. The molecule has 4 aliphatic carbocycles. The molecule has 2 unspecified atom stereocenters. The lowest BCUT2D eigenvalue weighted by atomic mass is 9.33. The predicted octanol–water partition coefficient (Wildman–Crippen LogP) is 2.88. The highest BCUT2D eigenvalue weighted by molar-refractivity contribution is 5.90. The van der Waals surface area contributed by atoms with E-state index in [2.05, 4.69) is 35.0 Å². The Morgan fingerprint density at radius 3 is 2.94 bits per heavy atom. The summed E-state index contributed by atoms with van der Waals surface area (Å²) in [5.41, 5.74) is 12.3. The number of benzene rings is 1. The van der Waals surface area contributed by atoms with Crippen LogP contribution in [0.25, 0.3) is 10.4 Å². The van der Waals surface area contributed by atoms with Crippen molar-refractivity contribution in [2.75, 3.05) is 27.8 Å². The summed E-state index contributed by atoms with van der Waals surface area (Å²) >= 11 is 0. The fourth-order valence-corrected chi connectivity index (χ4v) is 9.10. The van der Waals surface area contributed by atoms with Gasteiger partial charge in [-0.15, -0.1) is 0 Å². The molecule has 6 bridgehead atoms. The van der Waals surface area contributed by atoms with Crippen molar-refractivity contribution >= 4 is 5.71 Å². The summed E-state index contributed by atoms with van der Waals surface area (Å²) in [6.07, 6.45) is 2.64. The number of likely N-dealkylation sites (N-methyl/N-ethyl adjacent to an activating group) is 1. The highest BCUT2D eigenvalue weighted by Gasteiger charge is 2.87. The number of piperidine rings is 1. The van der Waals surface area contributed by atoms with Gasteiger partial charge in [-0.25, -0.2) is 0 Å². The largest absolute Gasteiger partial charge is 0.493 e. The van der Waals surface area contributed by atoms with E-state index >= 15 is 0 Å². The molecule has 3 saturated carbocycles. The van der Waals surface area contributed by atoms with Crippen molar-refractivity contribution in [3.8, 4) is 11.5 Å². The van der Waals surface area contributed by atoms with E-state index in [-0.39, 0.29) is 41.0 Å². The Kier molecular flexibility index (Phi) is 3.17. The quantitative estimate of drug-likeness (QED) is 0.426. The van der Waals surface area contributed by atoms with Crippen LogP contribution in [-0.2, 0) is 16.6 Å². The van der Waals surface area contributed by atoms with Crippen LogP contribution in [0.15, 0.2) is 22.2 Å². The van der Waals surface area contributed by atoms with Gasteiger partial charge in [0.2, 0.25) is 0 Å². The van der Waals surface area contributed by atoms with Crippen LogP contribution in [0.5, 0.6) is 11.5 Å². The van der Waals surface area contributed by atoms with Crippen molar-refractivity contribution in [2.24, 2.45) is 21.4 Å². The lowest BCUT2D eigenvalue weighted by molar-refractivity contribution is -0.272. The van der Waals surface area contributed by atoms with Crippen molar-refractivity contribution in [2.45, 2.75) is 61.4 Å². The van der Waals surface area contributed by atoms with E-state index in [9.17, 15) is 5.53 Å². The second kappa shape index (κ2) is 5.37. The zero-order valence-electron chi connectivity index (χ0n) is 18.3. The average Bonchev–Trinajstić information content (AvgIpc) is 3.23. The lowest BCUT2D eigenvalue weighted by Crippen LogP contribution is -2.87. The summed E-state index contributed by atoms with van der Waals surface area (Å²) in [7, 11) is 5.72. The van der Waals surface area contributed by atoms with E-state index in [0.717, 1.165) is 43.0 Å². The molecule has 8 heteroatoms. The van der Waals surface area contributed by atoms with E-state index in [1.54, 1.807) is 14.2 Å². The zero-order chi connectivity index (χ0) is 21.3. The van der Waals surface area contributed by atoms with E-state index in [0.29, 0.717) is 0 Å². The number of ether oxygens (including phenoxy) is 3. The second-order valence-corrected chi connectivity index (χ2v) is 10.3. The third kappa shape index (κ3) is 1.55. The minimum atomic E-state index is -0.621. The fourth-order valence-electron chi connectivity index (χ4n) is 9.10. The van der Waals surface area contributed by atoms with Crippen LogP contribution in [0, 0.1) is 11.3 Å². The molecule has 31 heavy (non-hydrogen) atoms. The number of methoxy groups -OCH3 is 2. The molecule has 3 heterocycles. The Morgan fingerprint density at radius 1 is 1.35 bits per heavy atom. The number of aliphatic imine (C=N–C) groups is 1. The maximum Gasteiger partial charge on any atom is 0.165 e. The third-order valence-electron chi connectivity index (χ3n) is 9.95. The molecule has 7 aliphatic rings. The van der Waals surface area contributed by atoms with Gasteiger partial charge < -0.3 is 19.1 Å². The predicted molar refractivity (Wildman–Crippen MR) is 114 cm³/mol. The van der Waals surface area contributed by atoms with Gasteiger partial charge in [0.15, 0.2) is 11.5 Å². The molecule has 8 nitrogen and oxygen atoms in total. The van der Waals surface area contributed by atoms with Gasteiger partial charge in [0.05, 0.1) is 19.2 Å². The van der Waals surface area contributed by atoms with Gasteiger partial charge in [0, 0.05) is 46.1 Å². The first-order valence-electron chi connectivity index (χ1n) is 11.2. The first-order chi connectivity index (χ1) is 15.0. The maximum absolute atomic E-state index is 9.67. The third-order valence-corrected chi connectivity index (χ3v) is 9.95. The summed E-state index contributed by atoms with van der Waals surface area (Å²) in [6.45, 7) is 3.10. The first-order valence-corrected chi connectivity index (χ1v) is 11.2. The average molecular weight is 422 g/mol. The number of nitrogens with zero attached hydrogens (tertiary/aromatic N) is 5. The fraction of sp³-hybridized carbons (Fsp3) is 0.696. The number of hydrogen-bond acceptors (Lipinski definition) is 6. The van der Waals surface area contributed by atoms with Crippen molar-refractivity contribution in [1.82, 2.24) is 4.90 Å². The van der Waals surface area contributed by atoms with Gasteiger partial charge in [-0.3, -0.25) is 4.99 Å². The molecule has 1 aromatic rings. The Hall–Kier alpha value is -2.28. The van der Waals surface area contributed by atoms with Gasteiger partial charge in [-0.05, 0) is 56.9 Å². The standard InChI is InChI=1S/C23H27N5O3/c1-11-13-10-22-15-9-12-5-6-14(29-3)17-16(12)21(22,7-8-28(15)2)20(31-17)23(13,30-4)19(25-11)18(22)26-27-24/h5-6,13,15,18-20H,7-10H2,1-4H3/t13-,15?,18?,19+,20+,21-,22+,23-/m0/s1. The number of azide groups is 1. The number of rotatable bonds is 3. The molecule has 4 fully saturated rings. The van der Waals surface area contributed by atoms with Crippen LogP contribution in [-0.4, -0.2) is 68.3 Å². The normalized spacial score (nSPS) is 47.4. The molecule has 8 rings (SSSR count). The molecular weight excluding hydrogens is 394 g/mol. The van der Waals surface area contributed by atoms with Crippen LogP contribution in [0.3, 0.4) is 0 Å². The van der Waals surface area contributed by atoms with Gasteiger partial charge in [0.1, 0.15) is 11.7 Å². The van der Waals surface area contributed by atoms with E-state index in [1.807, 2.05) is 6.07 Å². The molecule has 162 valence electrons. The SMILES string of the molecule is COc1ccc2c3c1O[C@H]1[C@@]4(OC)[C@@H]5N=C(C)[C@@H]4C[C@]4(C5N=[N+]=[N-])C(C2)N(C)CC[C@]314. The highest BCUT2D eigenvalue weighted by atomic mass is 16.6. The zero-order valence-corrected chi connectivity index (χ0v) is 18.3. The Bertz CT molecular complexity index is 1110. The molecule has 0 radical (unpaired) electrons. The summed E-state index contributed by atoms with van der Waals surface area (Å²) in [4.78, 5) is 11.0. The minimum absolute atomic E-state index is 0.165. The van der Waals surface area contributed by atoms with Crippen LogP contribution in [0.1, 0.15) is 30.9 Å². The van der Waals surface area contributed by atoms with E-state index in [4.69, 9.17) is 19.2 Å². The number of likely N-dealkylation sites (tertiary alicyclic amines) is 1. The molecule has 3 aliphatic heterocycles. The topological polar surface area (TPSA) is 92.0 Å². The summed E-state index contributed by atoms with van der Waals surface area (Å²) in [5, 5.41) is 4.51. The molecular formula is C23H27N5O3. The summed E-state index contributed by atoms with van der Waals surface area (Å²) in [6, 6.07) is 4.05. The van der Waals surface area contributed by atoms with Crippen molar-refractivity contribution < 1.29 is 14.2 Å². The van der Waals surface area contributed by atoms with Gasteiger partial charge in [-0.1, -0.05) is 11.2 Å². The molecule has 8 atom stereocenters. The van der Waals surface area contributed by atoms with Gasteiger partial charge in [-0.2, -0.15) is 0 Å². The van der Waals surface area contributed by atoms with Gasteiger partial charge >= 0.3 is 0 Å². The second-order valence-electron chi connectivity index (χ2n) is 10.3. The first kappa shape index (κ1) is 18.3. The van der Waals surface area contributed by atoms with Crippen LogP contribution < -0.4 is 9.47 Å². The Labute approximate surface area is 181 Å². The minimum Gasteiger partial charge on any atom is -0.493 e. The molecule has 2 spiro atoms. The highest BCUT2D eigenvalue weighted by Crippen LogP contribution is 2.78. The molecule has 0 amide bonds. The molecule has 0 aromatic heterocycles. The van der Waals surface area contributed by atoms with Crippen molar-refractivity contribution in [3.05, 3.63) is 33.7 Å². The maximum atomic E-state index is 9.67. The molecule has 0 N–H and O–H groups in total. The van der Waals surface area contributed by atoms with E-state index < -0.39 is 5.60 Å². The monoisotopic (exact) mass is 421 g/mol. The van der Waals surface area contributed by atoms with Crippen LogP contribution >= 0.6 is 0 Å². The van der Waals surface area contributed by atoms with Crippen molar-refractivity contribution in [3.63, 3.8) is 0 Å². The Morgan fingerprint density at radius 2 is 2.19 bits per heavy atom. The van der Waals surface area contributed by atoms with Crippen LogP contribution in [0.4, 0.5) is 0 Å². The van der Waals surface area contributed by atoms with Crippen molar-refractivity contribution in [1.29, 1.82) is 0 Å². The lowest BCUT2D eigenvalue weighted by Gasteiger charge is -2.75. The van der Waals surface area contributed by atoms with Crippen LogP contribution in [0.2, 0.25) is 0 Å². The van der Waals surface area contributed by atoms with Gasteiger partial charge in [0.25, 0.3) is 0 Å².